The third-order valence-corrected chi connectivity index (χ3v) is 8.44. The minimum atomic E-state index is -3.49. The van der Waals surface area contributed by atoms with E-state index in [-0.39, 0.29) is 16.6 Å². The number of fused-ring (bicyclic) bond motifs is 1. The van der Waals surface area contributed by atoms with Gasteiger partial charge in [-0.1, -0.05) is 36.8 Å². The van der Waals surface area contributed by atoms with Crippen LogP contribution in [0.2, 0.25) is 0 Å². The first-order valence-electron chi connectivity index (χ1n) is 10.9. The lowest BCUT2D eigenvalue weighted by atomic mass is 10.1. The summed E-state index contributed by atoms with van der Waals surface area (Å²) < 4.78 is 33.5. The molecule has 0 bridgehead atoms. The Balaban J connectivity index is 1.30. The molecule has 10 heteroatoms. The molecule has 0 unspecified atom stereocenters. The van der Waals surface area contributed by atoms with Gasteiger partial charge in [0, 0.05) is 18.8 Å². The largest absolute Gasteiger partial charge is 0.483 e. The molecule has 4 rings (SSSR count). The minimum absolute atomic E-state index is 0.0952. The molecule has 34 heavy (non-hydrogen) atoms. The molecular formula is C24H24BrN3O4S2. The van der Waals surface area contributed by atoms with Crippen LogP contribution in [0.4, 0.5) is 5.69 Å². The van der Waals surface area contributed by atoms with E-state index >= 15 is 0 Å². The Kier molecular flexibility index (Phi) is 7.82. The fraction of sp³-hybridized carbons (Fsp3) is 0.250. The fourth-order valence-corrected chi connectivity index (χ4v) is 6.11. The Hall–Kier alpha value is -2.53. The predicted molar refractivity (Wildman–Crippen MR) is 141 cm³/mol. The van der Waals surface area contributed by atoms with Crippen molar-refractivity contribution in [2.75, 3.05) is 25.0 Å². The van der Waals surface area contributed by atoms with E-state index in [1.165, 1.54) is 16.4 Å². The summed E-state index contributed by atoms with van der Waals surface area (Å²) in [6.45, 7) is 0.887. The molecule has 1 fully saturated rings. The summed E-state index contributed by atoms with van der Waals surface area (Å²) in [7, 11) is -3.49. The van der Waals surface area contributed by atoms with Crippen LogP contribution in [0, 0.1) is 0 Å². The zero-order chi connectivity index (χ0) is 24.1. The van der Waals surface area contributed by atoms with Gasteiger partial charge in [0.1, 0.15) is 5.75 Å². The number of anilines is 1. The monoisotopic (exact) mass is 561 g/mol. The second kappa shape index (κ2) is 10.8. The summed E-state index contributed by atoms with van der Waals surface area (Å²) in [5, 5.41) is 7.60. The van der Waals surface area contributed by atoms with Crippen LogP contribution in [0.15, 0.2) is 70.0 Å². The number of hydrogen-bond acceptors (Lipinski definition) is 5. The van der Waals surface area contributed by atoms with E-state index in [4.69, 9.17) is 17.0 Å². The molecule has 2 N–H and O–H groups in total. The number of nitrogens with zero attached hydrogens (tertiary/aromatic N) is 1. The first-order valence-corrected chi connectivity index (χ1v) is 13.5. The van der Waals surface area contributed by atoms with Crippen LogP contribution in [0.3, 0.4) is 0 Å². The van der Waals surface area contributed by atoms with Crippen LogP contribution >= 0.6 is 28.1 Å². The standard InChI is InChI=1S/C24H24BrN3O4S2/c25-23-20-7-3-2-6-17(20)8-13-21(23)32-16-22(29)27-24(33)26-18-9-11-19(12-10-18)34(30,31)28-14-4-1-5-15-28/h2-3,6-13H,1,4-5,14-16H2,(H2,26,27,29,33). The SMILES string of the molecule is O=C(COc1ccc2ccccc2c1Br)NC(=S)Nc1ccc(S(=O)(=O)N2CCCCC2)cc1. The Morgan fingerprint density at radius 1 is 1.00 bits per heavy atom. The summed E-state index contributed by atoms with van der Waals surface area (Å²) in [6.07, 6.45) is 2.82. The number of halogens is 1. The Morgan fingerprint density at radius 2 is 1.71 bits per heavy atom. The highest BCUT2D eigenvalue weighted by atomic mass is 79.9. The molecule has 1 heterocycles. The van der Waals surface area contributed by atoms with Crippen molar-refractivity contribution in [1.29, 1.82) is 0 Å². The highest BCUT2D eigenvalue weighted by molar-refractivity contribution is 9.10. The zero-order valence-corrected chi connectivity index (χ0v) is 21.5. The van der Waals surface area contributed by atoms with Crippen molar-refractivity contribution < 1.29 is 17.9 Å². The molecule has 1 saturated heterocycles. The van der Waals surface area contributed by atoms with Gasteiger partial charge in [-0.25, -0.2) is 8.42 Å². The zero-order valence-electron chi connectivity index (χ0n) is 18.3. The summed E-state index contributed by atoms with van der Waals surface area (Å²) >= 11 is 8.74. The third-order valence-electron chi connectivity index (χ3n) is 5.50. The highest BCUT2D eigenvalue weighted by Gasteiger charge is 2.25. The number of sulfonamides is 1. The van der Waals surface area contributed by atoms with Crippen molar-refractivity contribution in [2.45, 2.75) is 24.2 Å². The van der Waals surface area contributed by atoms with Gasteiger partial charge in [-0.15, -0.1) is 0 Å². The molecule has 0 aliphatic carbocycles. The smallest absolute Gasteiger partial charge is 0.264 e. The van der Waals surface area contributed by atoms with Crippen LogP contribution < -0.4 is 15.4 Å². The van der Waals surface area contributed by atoms with Gasteiger partial charge in [-0.2, -0.15) is 4.31 Å². The van der Waals surface area contributed by atoms with Gasteiger partial charge in [0.15, 0.2) is 11.7 Å². The van der Waals surface area contributed by atoms with Crippen molar-refractivity contribution in [2.24, 2.45) is 0 Å². The average Bonchev–Trinajstić information content (AvgIpc) is 2.84. The maximum atomic E-state index is 12.8. The second-order valence-electron chi connectivity index (χ2n) is 7.88. The molecule has 1 aliphatic heterocycles. The van der Waals surface area contributed by atoms with E-state index in [2.05, 4.69) is 26.6 Å². The van der Waals surface area contributed by atoms with E-state index in [1.807, 2.05) is 30.3 Å². The number of thiocarbonyl (C=S) groups is 1. The normalized spacial score (nSPS) is 14.5. The molecule has 0 spiro atoms. The minimum Gasteiger partial charge on any atom is -0.483 e. The number of ether oxygens (including phenoxy) is 1. The van der Waals surface area contributed by atoms with Crippen LogP contribution in [0.25, 0.3) is 10.8 Å². The van der Waals surface area contributed by atoms with Gasteiger partial charge >= 0.3 is 0 Å². The van der Waals surface area contributed by atoms with E-state index < -0.39 is 15.9 Å². The summed E-state index contributed by atoms with van der Waals surface area (Å²) in [4.78, 5) is 12.5. The highest BCUT2D eigenvalue weighted by Crippen LogP contribution is 2.33. The van der Waals surface area contributed by atoms with Crippen molar-refractivity contribution in [3.05, 3.63) is 65.1 Å². The summed E-state index contributed by atoms with van der Waals surface area (Å²) in [5.74, 6) is 0.139. The number of benzene rings is 3. The van der Waals surface area contributed by atoms with E-state index in [0.717, 1.165) is 34.5 Å². The van der Waals surface area contributed by atoms with Crippen LogP contribution in [-0.2, 0) is 14.8 Å². The van der Waals surface area contributed by atoms with Crippen LogP contribution in [0.5, 0.6) is 5.75 Å². The number of carbonyl (C=O) groups is 1. The van der Waals surface area contributed by atoms with Gasteiger partial charge in [-0.3, -0.25) is 10.1 Å². The van der Waals surface area contributed by atoms with Crippen molar-refractivity contribution in [1.82, 2.24) is 9.62 Å². The van der Waals surface area contributed by atoms with Crippen LogP contribution in [-0.4, -0.2) is 43.4 Å². The molecule has 3 aromatic carbocycles. The predicted octanol–water partition coefficient (Wildman–Crippen LogP) is 4.67. The lowest BCUT2D eigenvalue weighted by Gasteiger charge is -2.25. The molecule has 0 atom stereocenters. The molecule has 1 aliphatic rings. The summed E-state index contributed by atoms with van der Waals surface area (Å²) in [6, 6.07) is 17.9. The quantitative estimate of drug-likeness (QED) is 0.425. The molecule has 1 amide bonds. The lowest BCUT2D eigenvalue weighted by Crippen LogP contribution is -2.37. The van der Waals surface area contributed by atoms with Gasteiger partial charge in [0.05, 0.1) is 9.37 Å². The number of carbonyl (C=O) groups excluding carboxylic acids is 1. The van der Waals surface area contributed by atoms with Gasteiger partial charge < -0.3 is 10.1 Å². The molecule has 0 radical (unpaired) electrons. The summed E-state index contributed by atoms with van der Waals surface area (Å²) in [5.41, 5.74) is 0.570. The van der Waals surface area contributed by atoms with Crippen LogP contribution in [0.1, 0.15) is 19.3 Å². The van der Waals surface area contributed by atoms with E-state index in [9.17, 15) is 13.2 Å². The Labute approximate surface area is 212 Å². The van der Waals surface area contributed by atoms with Crippen molar-refractivity contribution >= 4 is 65.7 Å². The number of amides is 1. The molecule has 178 valence electrons. The molecule has 0 saturated carbocycles. The number of hydrogen-bond donors (Lipinski definition) is 2. The van der Waals surface area contributed by atoms with Crippen molar-refractivity contribution in [3.63, 3.8) is 0 Å². The first-order chi connectivity index (χ1) is 16.3. The molecule has 0 aromatic heterocycles. The van der Waals surface area contributed by atoms with Gasteiger partial charge in [0.2, 0.25) is 10.0 Å². The maximum Gasteiger partial charge on any atom is 0.264 e. The molecular weight excluding hydrogens is 538 g/mol. The molecule has 3 aromatic rings. The average molecular weight is 563 g/mol. The Bertz CT molecular complexity index is 1310. The Morgan fingerprint density at radius 3 is 2.44 bits per heavy atom. The molecule has 7 nitrogen and oxygen atoms in total. The number of rotatable bonds is 6. The lowest BCUT2D eigenvalue weighted by molar-refractivity contribution is -0.121. The van der Waals surface area contributed by atoms with E-state index in [0.29, 0.717) is 24.5 Å². The van der Waals surface area contributed by atoms with Crippen molar-refractivity contribution in [3.8, 4) is 5.75 Å². The number of nitrogens with one attached hydrogen (secondary N) is 2. The van der Waals surface area contributed by atoms with E-state index in [1.54, 1.807) is 18.2 Å². The van der Waals surface area contributed by atoms with Gasteiger partial charge in [0.25, 0.3) is 5.91 Å². The van der Waals surface area contributed by atoms with Gasteiger partial charge in [-0.05, 0) is 82.1 Å². The fourth-order valence-electron chi connectivity index (χ4n) is 3.76. The second-order valence-corrected chi connectivity index (χ2v) is 11.0. The first kappa shape index (κ1) is 24.6. The topological polar surface area (TPSA) is 87.7 Å². The third kappa shape index (κ3) is 5.75. The maximum absolute atomic E-state index is 12.8. The number of piperidine rings is 1.